The van der Waals surface area contributed by atoms with Crippen LogP contribution in [0.4, 0.5) is 17.1 Å². The second kappa shape index (κ2) is 14.8. The molecule has 1 nitrogen and oxygen atoms in total. The Labute approximate surface area is 388 Å². The maximum absolute atomic E-state index is 2.50. The van der Waals surface area contributed by atoms with Gasteiger partial charge in [-0.1, -0.05) is 226 Å². The smallest absolute Gasteiger partial charge is 0.0754 e. The molecule has 1 heterocycles. The van der Waals surface area contributed by atoms with Crippen LogP contribution in [-0.2, 0) is 10.8 Å². The topological polar surface area (TPSA) is 3.24 Å². The van der Waals surface area contributed by atoms with Crippen LogP contribution in [0.2, 0.25) is 0 Å². The molecule has 10 aromatic rings. The Bertz CT molecular complexity index is 3480. The highest BCUT2D eigenvalue weighted by Gasteiger charge is 2.51. The minimum Gasteiger partial charge on any atom is -0.310 e. The maximum Gasteiger partial charge on any atom is 0.0754 e. The first kappa shape index (κ1) is 38.5. The number of para-hydroxylation sites is 3. The van der Waals surface area contributed by atoms with Crippen molar-refractivity contribution < 1.29 is 0 Å². The number of hydrogen-bond acceptors (Lipinski definition) is 1. The molecule has 1 heteroatoms. The van der Waals surface area contributed by atoms with Crippen LogP contribution in [0, 0.1) is 0 Å². The summed E-state index contributed by atoms with van der Waals surface area (Å²) in [5.74, 6) is -0.0466. The fourth-order valence-corrected chi connectivity index (χ4v) is 12.2. The lowest BCUT2D eigenvalue weighted by molar-refractivity contribution is 0.659. The summed E-state index contributed by atoms with van der Waals surface area (Å²) in [5.41, 5.74) is 25.1. The summed E-state index contributed by atoms with van der Waals surface area (Å²) in [6, 6.07) is 90.9. The molecule has 0 saturated heterocycles. The standard InChI is InChI=1S/C65H47N/c1-64(2)54-32-13-12-30-51(54)63-52(31-20-36-59(63)64)62(46-24-19-23-44(41-46)43-21-5-3-6-22-43)50-29-10-9-27-48(50)45-39-40-56-53(42-45)49-28-11-14-33-55(49)65(56)57-34-15-17-37-60(57)66(47-25-7-4-8-26-47)61-38-18-16-35-58(61)65/h3-42,62H,1-2H3/t62-/m0/s1. The second-order valence-corrected chi connectivity index (χ2v) is 18.7. The summed E-state index contributed by atoms with van der Waals surface area (Å²) < 4.78 is 0. The Morgan fingerprint density at radius 3 is 1.61 bits per heavy atom. The van der Waals surface area contributed by atoms with Gasteiger partial charge in [0, 0.05) is 17.0 Å². The lowest BCUT2D eigenvalue weighted by Crippen LogP contribution is -2.36. The monoisotopic (exact) mass is 841 g/mol. The third-order valence-corrected chi connectivity index (χ3v) is 15.0. The van der Waals surface area contributed by atoms with E-state index in [-0.39, 0.29) is 11.3 Å². The van der Waals surface area contributed by atoms with Gasteiger partial charge in [-0.2, -0.15) is 0 Å². The van der Waals surface area contributed by atoms with E-state index in [0.29, 0.717) is 0 Å². The molecular weight excluding hydrogens is 795 g/mol. The number of nitrogens with zero attached hydrogens (tertiary/aromatic N) is 1. The summed E-state index contributed by atoms with van der Waals surface area (Å²) in [6.07, 6.45) is 0. The van der Waals surface area contributed by atoms with Crippen molar-refractivity contribution in [2.24, 2.45) is 0 Å². The van der Waals surface area contributed by atoms with Crippen molar-refractivity contribution in [3.8, 4) is 44.5 Å². The van der Waals surface area contributed by atoms with E-state index in [1.165, 1.54) is 106 Å². The van der Waals surface area contributed by atoms with Crippen molar-refractivity contribution >= 4 is 17.1 Å². The van der Waals surface area contributed by atoms with Gasteiger partial charge in [-0.25, -0.2) is 0 Å². The Hall–Kier alpha value is -8.00. The normalized spacial score (nSPS) is 14.7. The summed E-state index contributed by atoms with van der Waals surface area (Å²) >= 11 is 0. The highest BCUT2D eigenvalue weighted by atomic mass is 15.2. The number of fused-ring (bicyclic) bond motifs is 12. The van der Waals surface area contributed by atoms with E-state index in [1.54, 1.807) is 0 Å². The molecule has 1 spiro atoms. The number of benzene rings is 10. The van der Waals surface area contributed by atoms with Gasteiger partial charge in [0.1, 0.15) is 0 Å². The highest BCUT2D eigenvalue weighted by molar-refractivity contribution is 5.97. The molecule has 0 radical (unpaired) electrons. The quantitative estimate of drug-likeness (QED) is 0.151. The minimum atomic E-state index is -0.506. The van der Waals surface area contributed by atoms with Crippen molar-refractivity contribution in [3.05, 3.63) is 293 Å². The van der Waals surface area contributed by atoms with E-state index in [9.17, 15) is 0 Å². The predicted octanol–water partition coefficient (Wildman–Crippen LogP) is 16.7. The summed E-state index contributed by atoms with van der Waals surface area (Å²) in [7, 11) is 0. The molecule has 3 aliphatic rings. The SMILES string of the molecule is CC1(C)c2ccccc2-c2c([C@@H](c3cccc(-c4ccccc4)c3)c3ccccc3-c3ccc4c(c3)-c3ccccc3C43c4ccccc4N(c4ccccc4)c4ccccc43)cccc21. The largest absolute Gasteiger partial charge is 0.310 e. The molecule has 0 fully saturated rings. The van der Waals surface area contributed by atoms with Crippen LogP contribution in [-0.4, -0.2) is 0 Å². The van der Waals surface area contributed by atoms with Crippen LogP contribution in [0.5, 0.6) is 0 Å². The van der Waals surface area contributed by atoms with E-state index in [0.717, 1.165) is 5.69 Å². The molecule has 0 saturated carbocycles. The van der Waals surface area contributed by atoms with Gasteiger partial charge in [-0.15, -0.1) is 0 Å². The molecule has 0 bridgehead atoms. The molecule has 0 amide bonds. The molecule has 13 rings (SSSR count). The van der Waals surface area contributed by atoms with Crippen LogP contribution in [0.1, 0.15) is 69.8 Å². The van der Waals surface area contributed by atoms with E-state index < -0.39 is 5.41 Å². The minimum absolute atomic E-state index is 0.0466. The molecule has 1 atom stereocenters. The fraction of sp³-hybridized carbons (Fsp3) is 0.0769. The third-order valence-electron chi connectivity index (χ3n) is 15.0. The Kier molecular flexibility index (Phi) is 8.61. The first-order chi connectivity index (χ1) is 32.5. The van der Waals surface area contributed by atoms with Gasteiger partial charge in [0.25, 0.3) is 0 Å². The van der Waals surface area contributed by atoms with Crippen molar-refractivity contribution in [2.45, 2.75) is 30.6 Å². The Morgan fingerprint density at radius 1 is 0.333 bits per heavy atom. The van der Waals surface area contributed by atoms with E-state index in [2.05, 4.69) is 261 Å². The molecule has 312 valence electrons. The number of hydrogen-bond donors (Lipinski definition) is 0. The average Bonchev–Trinajstić information content (AvgIpc) is 3.80. The summed E-state index contributed by atoms with van der Waals surface area (Å²) in [6.45, 7) is 4.77. The average molecular weight is 842 g/mol. The van der Waals surface area contributed by atoms with Gasteiger partial charge in [-0.3, -0.25) is 0 Å². The van der Waals surface area contributed by atoms with E-state index in [1.807, 2.05) is 0 Å². The van der Waals surface area contributed by atoms with Gasteiger partial charge in [0.2, 0.25) is 0 Å². The fourth-order valence-electron chi connectivity index (χ4n) is 12.2. The summed E-state index contributed by atoms with van der Waals surface area (Å²) in [5, 5.41) is 0. The lowest BCUT2D eigenvalue weighted by atomic mass is 9.64. The van der Waals surface area contributed by atoms with Gasteiger partial charge in [0.05, 0.1) is 16.8 Å². The van der Waals surface area contributed by atoms with Crippen LogP contribution in [0.25, 0.3) is 44.5 Å². The van der Waals surface area contributed by atoms with E-state index in [4.69, 9.17) is 0 Å². The molecule has 66 heavy (non-hydrogen) atoms. The maximum atomic E-state index is 2.50. The van der Waals surface area contributed by atoms with Gasteiger partial charge < -0.3 is 4.90 Å². The lowest BCUT2D eigenvalue weighted by Gasteiger charge is -2.45. The summed E-state index contributed by atoms with van der Waals surface area (Å²) in [4.78, 5) is 2.45. The van der Waals surface area contributed by atoms with Crippen LogP contribution < -0.4 is 4.90 Å². The van der Waals surface area contributed by atoms with Crippen molar-refractivity contribution in [3.63, 3.8) is 0 Å². The third kappa shape index (κ3) is 5.47. The zero-order valence-corrected chi connectivity index (χ0v) is 37.1. The Morgan fingerprint density at radius 2 is 0.864 bits per heavy atom. The van der Waals surface area contributed by atoms with Gasteiger partial charge in [-0.05, 0) is 125 Å². The van der Waals surface area contributed by atoms with Gasteiger partial charge >= 0.3 is 0 Å². The highest BCUT2D eigenvalue weighted by Crippen LogP contribution is 2.64. The van der Waals surface area contributed by atoms with E-state index >= 15 is 0 Å². The number of anilines is 3. The van der Waals surface area contributed by atoms with Crippen molar-refractivity contribution in [1.29, 1.82) is 0 Å². The molecular formula is C65H47N. The van der Waals surface area contributed by atoms with Crippen molar-refractivity contribution in [1.82, 2.24) is 0 Å². The molecule has 0 unspecified atom stereocenters. The molecule has 0 aromatic heterocycles. The zero-order valence-electron chi connectivity index (χ0n) is 37.1. The molecule has 0 N–H and O–H groups in total. The molecule has 2 aliphatic carbocycles. The van der Waals surface area contributed by atoms with Crippen LogP contribution in [0.15, 0.2) is 243 Å². The molecule has 1 aliphatic heterocycles. The first-order valence-corrected chi connectivity index (χ1v) is 23.3. The van der Waals surface area contributed by atoms with Crippen LogP contribution >= 0.6 is 0 Å². The van der Waals surface area contributed by atoms with Crippen molar-refractivity contribution in [2.75, 3.05) is 4.90 Å². The molecule has 10 aromatic carbocycles. The zero-order chi connectivity index (χ0) is 44.0. The number of rotatable bonds is 6. The predicted molar refractivity (Wildman–Crippen MR) is 274 cm³/mol. The Balaban J connectivity index is 1.04. The second-order valence-electron chi connectivity index (χ2n) is 18.7. The van der Waals surface area contributed by atoms with Crippen LogP contribution in [0.3, 0.4) is 0 Å². The first-order valence-electron chi connectivity index (χ1n) is 23.3. The van der Waals surface area contributed by atoms with Gasteiger partial charge in [0.15, 0.2) is 0 Å².